The van der Waals surface area contributed by atoms with Gasteiger partial charge in [0.05, 0.1) is 28.5 Å². The second-order valence-corrected chi connectivity index (χ2v) is 9.96. The van der Waals surface area contributed by atoms with Crippen LogP contribution in [-0.4, -0.2) is 25.6 Å². The molecule has 1 saturated heterocycles. The van der Waals surface area contributed by atoms with Gasteiger partial charge >= 0.3 is 0 Å². The highest BCUT2D eigenvalue weighted by Gasteiger charge is 2.44. The smallest absolute Gasteiger partial charge is 0.170 e. The summed E-state index contributed by atoms with van der Waals surface area (Å²) in [6.07, 6.45) is 6.71. The van der Waals surface area contributed by atoms with Gasteiger partial charge in [-0.3, -0.25) is 4.98 Å². The number of rotatable bonds is 4. The van der Waals surface area contributed by atoms with Crippen LogP contribution in [0.15, 0.2) is 48.7 Å². The van der Waals surface area contributed by atoms with Crippen LogP contribution in [0.4, 0.5) is 0 Å². The molecule has 1 aliphatic carbocycles. The number of aromatic nitrogens is 2. The maximum absolute atomic E-state index is 6.60. The van der Waals surface area contributed by atoms with Crippen LogP contribution in [0.5, 0.6) is 0 Å². The first kappa shape index (κ1) is 21.7. The van der Waals surface area contributed by atoms with Crippen LogP contribution in [0.2, 0.25) is 10.0 Å². The quantitative estimate of drug-likeness (QED) is 0.417. The van der Waals surface area contributed by atoms with Crippen molar-refractivity contribution in [3.05, 3.63) is 81.4 Å². The van der Waals surface area contributed by atoms with Crippen molar-refractivity contribution in [2.24, 2.45) is 0 Å². The Morgan fingerprint density at radius 3 is 2.53 bits per heavy atom. The van der Waals surface area contributed by atoms with Crippen molar-refractivity contribution in [1.82, 2.24) is 19.8 Å². The summed E-state index contributed by atoms with van der Waals surface area (Å²) in [5.41, 5.74) is 5.49. The fourth-order valence-corrected chi connectivity index (χ4v) is 6.28. The maximum atomic E-state index is 6.60. The van der Waals surface area contributed by atoms with E-state index in [2.05, 4.69) is 45.7 Å². The lowest BCUT2D eigenvalue weighted by atomic mass is 9.95. The number of aryl methyl sites for hydroxylation is 1. The summed E-state index contributed by atoms with van der Waals surface area (Å²) in [6, 6.07) is 14.5. The van der Waals surface area contributed by atoms with E-state index in [9.17, 15) is 0 Å². The molecule has 166 valence electrons. The number of halogens is 2. The number of hydrogen-bond donors (Lipinski definition) is 1. The Kier molecular flexibility index (Phi) is 5.91. The predicted octanol–water partition coefficient (Wildman–Crippen LogP) is 6.71. The zero-order valence-electron chi connectivity index (χ0n) is 18.2. The van der Waals surface area contributed by atoms with Crippen molar-refractivity contribution < 1.29 is 0 Å². The first-order chi connectivity index (χ1) is 15.5. The predicted molar refractivity (Wildman–Crippen MR) is 135 cm³/mol. The normalized spacial score (nSPS) is 21.4. The van der Waals surface area contributed by atoms with Crippen molar-refractivity contribution in [3.8, 4) is 5.69 Å². The molecule has 1 aliphatic heterocycles. The standard InChI is InChI=1S/C25H26Cl2N4S/c1-15-13-19(16(2)30(15)22-11-10-17(26)14-20(22)27)24-23(21-9-5-6-12-28-21)29-25(32)31(24)18-7-3-4-8-18/h5-6,9-14,18,23-24H,3-4,7-8H2,1-2H3,(H,29,32)/t23-,24-/m0/s1. The Labute approximate surface area is 204 Å². The van der Waals surface area contributed by atoms with Gasteiger partial charge in [0, 0.05) is 28.6 Å². The number of hydrogen-bond acceptors (Lipinski definition) is 2. The van der Waals surface area contributed by atoms with E-state index in [0.29, 0.717) is 16.1 Å². The molecule has 0 unspecified atom stereocenters. The third kappa shape index (κ3) is 3.70. The first-order valence-electron chi connectivity index (χ1n) is 11.1. The average molecular weight is 485 g/mol. The molecule has 1 saturated carbocycles. The third-order valence-corrected chi connectivity index (χ3v) is 7.66. The van der Waals surface area contributed by atoms with E-state index >= 15 is 0 Å². The summed E-state index contributed by atoms with van der Waals surface area (Å²) < 4.78 is 2.22. The van der Waals surface area contributed by atoms with E-state index in [1.54, 1.807) is 6.07 Å². The van der Waals surface area contributed by atoms with Crippen molar-refractivity contribution in [2.75, 3.05) is 0 Å². The van der Waals surface area contributed by atoms with Crippen LogP contribution in [0, 0.1) is 13.8 Å². The molecule has 2 aromatic heterocycles. The summed E-state index contributed by atoms with van der Waals surface area (Å²) in [5, 5.41) is 5.70. The topological polar surface area (TPSA) is 33.1 Å². The zero-order valence-corrected chi connectivity index (χ0v) is 20.5. The van der Waals surface area contributed by atoms with E-state index in [1.165, 1.54) is 31.2 Å². The van der Waals surface area contributed by atoms with E-state index in [0.717, 1.165) is 27.9 Å². The van der Waals surface area contributed by atoms with Crippen molar-refractivity contribution in [1.29, 1.82) is 0 Å². The molecular weight excluding hydrogens is 459 g/mol. The Morgan fingerprint density at radius 2 is 1.84 bits per heavy atom. The lowest BCUT2D eigenvalue weighted by Crippen LogP contribution is -2.37. The molecule has 2 fully saturated rings. The Bertz CT molecular complexity index is 1150. The number of thiocarbonyl (C=S) groups is 1. The average Bonchev–Trinajstić information content (AvgIpc) is 3.47. The van der Waals surface area contributed by atoms with Gasteiger partial charge in [-0.05, 0) is 80.9 Å². The molecule has 32 heavy (non-hydrogen) atoms. The second-order valence-electron chi connectivity index (χ2n) is 8.73. The zero-order chi connectivity index (χ0) is 22.4. The minimum absolute atomic E-state index is 0.000982. The van der Waals surface area contributed by atoms with Gasteiger partial charge in [0.2, 0.25) is 0 Å². The van der Waals surface area contributed by atoms with E-state index in [4.69, 9.17) is 35.4 Å². The summed E-state index contributed by atoms with van der Waals surface area (Å²) in [6.45, 7) is 4.29. The lowest BCUT2D eigenvalue weighted by Gasteiger charge is -2.33. The number of pyridine rings is 1. The molecule has 0 bridgehead atoms. The summed E-state index contributed by atoms with van der Waals surface area (Å²) >= 11 is 18.6. The monoisotopic (exact) mass is 484 g/mol. The first-order valence-corrected chi connectivity index (χ1v) is 12.3. The minimum atomic E-state index is -0.000982. The van der Waals surface area contributed by atoms with Crippen molar-refractivity contribution in [3.63, 3.8) is 0 Å². The van der Waals surface area contributed by atoms with Gasteiger partial charge < -0.3 is 14.8 Å². The fraction of sp³-hybridized carbons (Fsp3) is 0.360. The number of benzene rings is 1. The van der Waals surface area contributed by atoms with Gasteiger partial charge in [0.15, 0.2) is 5.11 Å². The van der Waals surface area contributed by atoms with Crippen LogP contribution >= 0.6 is 35.4 Å². The molecule has 5 rings (SSSR count). The van der Waals surface area contributed by atoms with E-state index in [1.807, 2.05) is 30.5 Å². The van der Waals surface area contributed by atoms with Gasteiger partial charge in [-0.15, -0.1) is 0 Å². The molecule has 4 nitrogen and oxygen atoms in total. The fourth-order valence-electron chi connectivity index (χ4n) is 5.39. The highest BCUT2D eigenvalue weighted by Crippen LogP contribution is 2.45. The molecular formula is C25H26Cl2N4S. The SMILES string of the molecule is Cc1cc([C@H]2[C@H](c3ccccn3)NC(=S)N2C2CCCC2)c(C)n1-c1ccc(Cl)cc1Cl. The molecule has 0 amide bonds. The Balaban J connectivity index is 1.65. The largest absolute Gasteiger partial charge is 0.352 e. The van der Waals surface area contributed by atoms with Crippen molar-refractivity contribution in [2.45, 2.75) is 57.7 Å². The highest BCUT2D eigenvalue weighted by molar-refractivity contribution is 7.80. The van der Waals surface area contributed by atoms with Gasteiger partial charge in [-0.2, -0.15) is 0 Å². The maximum Gasteiger partial charge on any atom is 0.170 e. The minimum Gasteiger partial charge on any atom is -0.352 e. The molecule has 7 heteroatoms. The molecule has 3 heterocycles. The summed E-state index contributed by atoms with van der Waals surface area (Å²) in [7, 11) is 0. The molecule has 1 N–H and O–H groups in total. The third-order valence-electron chi connectivity index (χ3n) is 6.79. The van der Waals surface area contributed by atoms with Gasteiger partial charge in [0.1, 0.15) is 0 Å². The van der Waals surface area contributed by atoms with Crippen molar-refractivity contribution >= 4 is 40.5 Å². The lowest BCUT2D eigenvalue weighted by molar-refractivity contribution is 0.245. The molecule has 2 atom stereocenters. The molecule has 0 spiro atoms. The van der Waals surface area contributed by atoms with Crippen LogP contribution < -0.4 is 5.32 Å². The van der Waals surface area contributed by atoms with Gasteiger partial charge in [-0.1, -0.05) is 42.1 Å². The summed E-state index contributed by atoms with van der Waals surface area (Å²) in [5.74, 6) is 0. The van der Waals surface area contributed by atoms with Gasteiger partial charge in [0.25, 0.3) is 0 Å². The van der Waals surface area contributed by atoms with E-state index < -0.39 is 0 Å². The molecule has 3 aromatic rings. The number of nitrogens with one attached hydrogen (secondary N) is 1. The van der Waals surface area contributed by atoms with E-state index in [-0.39, 0.29) is 12.1 Å². The molecule has 0 radical (unpaired) electrons. The molecule has 1 aromatic carbocycles. The van der Waals surface area contributed by atoms with Crippen LogP contribution in [0.3, 0.4) is 0 Å². The van der Waals surface area contributed by atoms with Crippen LogP contribution in [0.1, 0.15) is 60.4 Å². The second kappa shape index (κ2) is 8.69. The highest BCUT2D eigenvalue weighted by atomic mass is 35.5. The Morgan fingerprint density at radius 1 is 1.06 bits per heavy atom. The Hall–Kier alpha value is -2.08. The number of nitrogens with zero attached hydrogens (tertiary/aromatic N) is 3. The summed E-state index contributed by atoms with van der Waals surface area (Å²) in [4.78, 5) is 7.12. The van der Waals surface area contributed by atoms with Crippen LogP contribution in [-0.2, 0) is 0 Å². The van der Waals surface area contributed by atoms with Crippen LogP contribution in [0.25, 0.3) is 5.69 Å². The van der Waals surface area contributed by atoms with Gasteiger partial charge in [-0.25, -0.2) is 0 Å². The molecule has 2 aliphatic rings.